The van der Waals surface area contributed by atoms with Crippen molar-refractivity contribution in [3.05, 3.63) is 11.1 Å². The van der Waals surface area contributed by atoms with Gasteiger partial charge in [0.1, 0.15) is 17.8 Å². The molecule has 7 N–H and O–H groups in total. The Morgan fingerprint density at radius 2 is 2.10 bits per heavy atom. The molecular formula is C20H30N10O8S2. The predicted octanol–water partition coefficient (Wildman–Crippen LogP) is -2.34. The minimum Gasteiger partial charge on any atom is -0.478 e. The van der Waals surface area contributed by atoms with Gasteiger partial charge in [0.25, 0.3) is 11.8 Å². The first-order chi connectivity index (χ1) is 18.8. The van der Waals surface area contributed by atoms with Gasteiger partial charge < -0.3 is 31.6 Å². The molecule has 40 heavy (non-hydrogen) atoms. The van der Waals surface area contributed by atoms with E-state index in [0.29, 0.717) is 25.3 Å². The monoisotopic (exact) mass is 602 g/mol. The van der Waals surface area contributed by atoms with Gasteiger partial charge in [-0.25, -0.2) is 14.1 Å². The highest BCUT2D eigenvalue weighted by molar-refractivity contribution is 7.84. The van der Waals surface area contributed by atoms with E-state index < -0.39 is 51.5 Å². The molecule has 0 aromatic carbocycles. The number of hydrogen-bond donors (Lipinski definition) is 6. The Morgan fingerprint density at radius 3 is 2.62 bits per heavy atom. The van der Waals surface area contributed by atoms with Gasteiger partial charge in [-0.15, -0.1) is 11.3 Å². The number of thiazole rings is 1. The van der Waals surface area contributed by atoms with Crippen molar-refractivity contribution in [3.63, 3.8) is 0 Å². The molecule has 1 aliphatic carbocycles. The van der Waals surface area contributed by atoms with Gasteiger partial charge in [0, 0.05) is 44.6 Å². The number of carboxylic acid groups (broad SMARTS) is 1. The highest BCUT2D eigenvalue weighted by Gasteiger charge is 2.56. The summed E-state index contributed by atoms with van der Waals surface area (Å²) in [6, 6.07) is -2.82. The van der Waals surface area contributed by atoms with E-state index in [4.69, 9.17) is 10.6 Å². The lowest BCUT2D eigenvalue weighted by Crippen LogP contribution is -2.74. The maximum atomic E-state index is 13.2. The molecule has 2 amide bonds. The topological polar surface area (TPSA) is 254 Å². The lowest BCUT2D eigenvalue weighted by molar-refractivity contribution is -0.153. The molecule has 1 aromatic rings. The summed E-state index contributed by atoms with van der Waals surface area (Å²) in [5.74, 6) is -3.44. The Kier molecular flexibility index (Phi) is 9.73. The summed E-state index contributed by atoms with van der Waals surface area (Å²) in [7, 11) is -3.21. The zero-order valence-electron chi connectivity index (χ0n) is 21.6. The van der Waals surface area contributed by atoms with Gasteiger partial charge in [-0.05, 0) is 14.0 Å². The maximum Gasteiger partial charge on any atom is 0.362 e. The van der Waals surface area contributed by atoms with Gasteiger partial charge in [0.15, 0.2) is 10.8 Å². The number of nitrogens with one attached hydrogen (secondary N) is 3. The molecule has 20 heteroatoms. The van der Waals surface area contributed by atoms with Gasteiger partial charge in [0.05, 0.1) is 12.3 Å². The molecule has 3 rings (SSSR count). The lowest BCUT2D eigenvalue weighted by atomic mass is 9.98. The van der Waals surface area contributed by atoms with Gasteiger partial charge >= 0.3 is 16.3 Å². The van der Waals surface area contributed by atoms with Crippen LogP contribution in [0.1, 0.15) is 25.5 Å². The highest BCUT2D eigenvalue weighted by atomic mass is 32.2. The number of rotatable bonds is 16. The smallest absolute Gasteiger partial charge is 0.362 e. The Balaban J connectivity index is 1.81. The van der Waals surface area contributed by atoms with Crippen molar-refractivity contribution >= 4 is 62.7 Å². The van der Waals surface area contributed by atoms with Crippen LogP contribution >= 0.6 is 11.3 Å². The van der Waals surface area contributed by atoms with Crippen molar-refractivity contribution in [2.75, 3.05) is 39.0 Å². The van der Waals surface area contributed by atoms with E-state index in [2.05, 4.69) is 43.0 Å². The van der Waals surface area contributed by atoms with E-state index >= 15 is 0 Å². The standard InChI is InChI=1S/C20H30N10O8S2/c1-11(8-24-7-6-22-2)27-29(23-3)9-13-15(17(32)30(13)40(35,36)37)26-16(31)14(12-10-39-19(21)25-12)28-38-20(4-5-20)18(33)34/h10,13,15,22,24H,3-9H2,1-2H3,(H2,21,25)(H,26,31)(H,33,34)(H,35,36,37)/b27-11+,28-14-/t13-,15+/m1/s1. The summed E-state index contributed by atoms with van der Waals surface area (Å²) in [5.41, 5.74) is 4.07. The number of hydrogen-bond acceptors (Lipinski definition) is 15. The molecule has 2 aliphatic rings. The fourth-order valence-corrected chi connectivity index (χ4v) is 4.97. The molecule has 1 saturated heterocycles. The van der Waals surface area contributed by atoms with Crippen LogP contribution in [0.3, 0.4) is 0 Å². The number of anilines is 1. The van der Waals surface area contributed by atoms with Crippen molar-refractivity contribution in [2.45, 2.75) is 37.5 Å². The molecule has 220 valence electrons. The van der Waals surface area contributed by atoms with Gasteiger partial charge in [-0.3, -0.25) is 14.1 Å². The molecule has 0 radical (unpaired) electrons. The first-order valence-corrected chi connectivity index (χ1v) is 14.1. The van der Waals surface area contributed by atoms with Crippen LogP contribution in [0.25, 0.3) is 0 Å². The minimum absolute atomic E-state index is 0.0588. The molecule has 2 heterocycles. The summed E-state index contributed by atoms with van der Waals surface area (Å²) in [6.45, 7) is 6.44. The van der Waals surface area contributed by atoms with Crippen LogP contribution in [0.4, 0.5) is 5.13 Å². The largest absolute Gasteiger partial charge is 0.478 e. The Hall–Kier alpha value is -3.72. The number of carboxylic acids is 1. The zero-order chi connectivity index (χ0) is 29.7. The van der Waals surface area contributed by atoms with E-state index in [9.17, 15) is 32.5 Å². The number of nitrogens with two attached hydrogens (primary N) is 1. The molecule has 1 saturated carbocycles. The molecule has 1 aromatic heterocycles. The van der Waals surface area contributed by atoms with E-state index in [0.717, 1.165) is 16.5 Å². The van der Waals surface area contributed by atoms with Gasteiger partial charge in [-0.2, -0.15) is 23.7 Å². The van der Waals surface area contributed by atoms with Crippen molar-refractivity contribution in [1.82, 2.24) is 30.4 Å². The van der Waals surface area contributed by atoms with E-state index in [1.165, 1.54) is 5.38 Å². The normalized spacial score (nSPS) is 20.5. The molecular weight excluding hydrogens is 572 g/mol. The second kappa shape index (κ2) is 12.6. The summed E-state index contributed by atoms with van der Waals surface area (Å²) in [6.07, 6.45) is 0.337. The van der Waals surface area contributed by atoms with Gasteiger partial charge in [0.2, 0.25) is 5.60 Å². The first kappa shape index (κ1) is 30.8. The number of β-lactam (4-membered cyclic amide) rings is 1. The molecule has 0 bridgehead atoms. The third-order valence-corrected chi connectivity index (χ3v) is 7.44. The number of aliphatic carboxylic acids is 1. The third kappa shape index (κ3) is 7.27. The van der Waals surface area contributed by atoms with Crippen LogP contribution in [0.2, 0.25) is 0 Å². The van der Waals surface area contributed by atoms with Crippen LogP contribution in [-0.2, 0) is 29.5 Å². The molecule has 0 spiro atoms. The molecule has 2 fully saturated rings. The highest BCUT2D eigenvalue weighted by Crippen LogP contribution is 2.40. The van der Waals surface area contributed by atoms with Crippen molar-refractivity contribution in [2.24, 2.45) is 15.4 Å². The van der Waals surface area contributed by atoms with Crippen LogP contribution in [-0.4, -0.2) is 119 Å². The number of likely N-dealkylation sites (N-methyl/N-ethyl adjacent to an activating group) is 1. The first-order valence-electron chi connectivity index (χ1n) is 11.8. The fraction of sp³-hybridized carbons (Fsp3) is 0.550. The van der Waals surface area contributed by atoms with Crippen LogP contribution in [0, 0.1) is 0 Å². The van der Waals surface area contributed by atoms with Crippen molar-refractivity contribution < 1.29 is 37.3 Å². The average molecular weight is 603 g/mol. The maximum absolute atomic E-state index is 13.2. The van der Waals surface area contributed by atoms with E-state index in [1.54, 1.807) is 14.0 Å². The molecule has 0 unspecified atom stereocenters. The van der Waals surface area contributed by atoms with Crippen LogP contribution < -0.4 is 21.7 Å². The number of nitrogen functional groups attached to an aromatic ring is 1. The van der Waals surface area contributed by atoms with E-state index in [1.807, 2.05) is 0 Å². The number of hydrazone groups is 2. The van der Waals surface area contributed by atoms with Crippen molar-refractivity contribution in [1.29, 1.82) is 0 Å². The second-order valence-corrected chi connectivity index (χ2v) is 11.0. The van der Waals surface area contributed by atoms with Crippen LogP contribution in [0.5, 0.6) is 0 Å². The summed E-state index contributed by atoms with van der Waals surface area (Å²) in [5, 5.41) is 31.9. The number of aromatic nitrogens is 1. The van der Waals surface area contributed by atoms with E-state index in [-0.39, 0.29) is 34.5 Å². The molecule has 18 nitrogen and oxygen atoms in total. The molecule has 1 aliphatic heterocycles. The van der Waals surface area contributed by atoms with Gasteiger partial charge in [-0.1, -0.05) is 5.16 Å². The Bertz CT molecular complexity index is 1310. The third-order valence-electron chi connectivity index (χ3n) is 5.82. The number of carbonyl (C=O) groups is 3. The number of amides is 2. The predicted molar refractivity (Wildman–Crippen MR) is 144 cm³/mol. The fourth-order valence-electron chi connectivity index (χ4n) is 3.55. The Labute approximate surface area is 233 Å². The summed E-state index contributed by atoms with van der Waals surface area (Å²) in [4.78, 5) is 46.5. The zero-order valence-corrected chi connectivity index (χ0v) is 23.2. The van der Waals surface area contributed by atoms with Crippen molar-refractivity contribution in [3.8, 4) is 0 Å². The SMILES string of the molecule is C=NN(C[C@@H]1[C@H](NC(=O)/C(=N\OC2(C(=O)O)CC2)c2csc(N)n2)C(=O)N1S(=O)(=O)O)/N=C(\C)CNCCNC. The Morgan fingerprint density at radius 1 is 1.40 bits per heavy atom. The second-order valence-electron chi connectivity index (χ2n) is 8.84. The number of carbonyl (C=O) groups excluding carboxylic acids is 2. The quantitative estimate of drug-likeness (QED) is 0.0382. The minimum atomic E-state index is -5.01. The number of oxime groups is 1. The van der Waals surface area contributed by atoms with Crippen LogP contribution in [0.15, 0.2) is 20.7 Å². The summed E-state index contributed by atoms with van der Waals surface area (Å²) >= 11 is 0.971. The average Bonchev–Trinajstić information content (AvgIpc) is 3.56. The lowest BCUT2D eigenvalue weighted by Gasteiger charge is -2.44. The number of nitrogens with zero attached hydrogens (tertiary/aromatic N) is 6. The summed E-state index contributed by atoms with van der Waals surface area (Å²) < 4.78 is 33.6. The molecule has 2 atom stereocenters.